The minimum absolute atomic E-state index is 0.0629. The number of benzene rings is 1. The number of hydrogen-bond acceptors (Lipinski definition) is 3. The summed E-state index contributed by atoms with van der Waals surface area (Å²) in [6.45, 7) is 4.78. The molecule has 0 amide bonds. The number of epoxide rings is 1. The van der Waals surface area contributed by atoms with Gasteiger partial charge in [-0.2, -0.15) is 0 Å². The van der Waals surface area contributed by atoms with E-state index in [-0.39, 0.29) is 24.1 Å². The van der Waals surface area contributed by atoms with Crippen LogP contribution in [0, 0.1) is 0 Å². The highest BCUT2D eigenvalue weighted by atomic mass is 16.8. The van der Waals surface area contributed by atoms with E-state index in [0.717, 1.165) is 6.42 Å². The second-order valence-electron chi connectivity index (χ2n) is 5.10. The summed E-state index contributed by atoms with van der Waals surface area (Å²) in [5.41, 5.74) is 0.980. The summed E-state index contributed by atoms with van der Waals surface area (Å²) >= 11 is 0. The fourth-order valence-corrected chi connectivity index (χ4v) is 2.39. The monoisotopic (exact) mass is 234 g/mol. The van der Waals surface area contributed by atoms with Crippen LogP contribution in [-0.4, -0.2) is 24.1 Å². The molecule has 0 bridgehead atoms. The summed E-state index contributed by atoms with van der Waals surface area (Å²) in [7, 11) is 0. The van der Waals surface area contributed by atoms with Crippen LogP contribution in [0.3, 0.4) is 0 Å². The summed E-state index contributed by atoms with van der Waals surface area (Å²) in [5, 5.41) is 0. The van der Waals surface area contributed by atoms with Crippen molar-refractivity contribution in [3.05, 3.63) is 35.9 Å². The first-order chi connectivity index (χ1) is 8.18. The van der Waals surface area contributed by atoms with E-state index >= 15 is 0 Å². The number of rotatable bonds is 3. The molecule has 0 unspecified atom stereocenters. The van der Waals surface area contributed by atoms with Gasteiger partial charge in [0.05, 0.1) is 18.8 Å². The topological polar surface area (TPSA) is 31.0 Å². The van der Waals surface area contributed by atoms with Crippen molar-refractivity contribution in [2.24, 2.45) is 0 Å². The Bertz CT molecular complexity index is 392. The molecule has 2 aliphatic heterocycles. The van der Waals surface area contributed by atoms with Crippen LogP contribution in [0.5, 0.6) is 0 Å². The lowest BCUT2D eigenvalue weighted by molar-refractivity contribution is -0.0829. The van der Waals surface area contributed by atoms with Crippen LogP contribution in [0.2, 0.25) is 0 Å². The Labute approximate surface area is 102 Å². The Balaban J connectivity index is 1.61. The van der Waals surface area contributed by atoms with Crippen LogP contribution < -0.4 is 0 Å². The molecule has 92 valence electrons. The van der Waals surface area contributed by atoms with Crippen molar-refractivity contribution in [2.45, 2.75) is 51.0 Å². The first-order valence-electron chi connectivity index (χ1n) is 6.17. The molecule has 1 aromatic carbocycles. The van der Waals surface area contributed by atoms with Crippen LogP contribution in [0.15, 0.2) is 30.3 Å². The maximum atomic E-state index is 5.99. The first kappa shape index (κ1) is 11.2. The minimum atomic E-state index is -0.221. The van der Waals surface area contributed by atoms with Crippen LogP contribution in [0.1, 0.15) is 25.8 Å². The summed E-state index contributed by atoms with van der Waals surface area (Å²) < 4.78 is 17.2. The summed E-state index contributed by atoms with van der Waals surface area (Å²) in [4.78, 5) is 0. The molecule has 4 atom stereocenters. The Morgan fingerprint density at radius 1 is 1.35 bits per heavy atom. The average Bonchev–Trinajstić information content (AvgIpc) is 2.99. The molecule has 2 heterocycles. The maximum Gasteiger partial charge on any atom is 0.190 e. The lowest BCUT2D eigenvalue weighted by atomic mass is 9.96. The van der Waals surface area contributed by atoms with Crippen molar-refractivity contribution in [3.8, 4) is 0 Å². The Morgan fingerprint density at radius 3 is 2.88 bits per heavy atom. The molecule has 2 saturated heterocycles. The van der Waals surface area contributed by atoms with E-state index < -0.39 is 0 Å². The highest BCUT2D eigenvalue weighted by Gasteiger charge is 2.63. The predicted molar refractivity (Wildman–Crippen MR) is 63.5 cm³/mol. The van der Waals surface area contributed by atoms with Gasteiger partial charge in [0.1, 0.15) is 5.60 Å². The molecule has 0 N–H and O–H groups in total. The highest BCUT2D eigenvalue weighted by molar-refractivity contribution is 5.14. The predicted octanol–water partition coefficient (Wildman–Crippen LogP) is 2.50. The van der Waals surface area contributed by atoms with Crippen molar-refractivity contribution in [1.82, 2.24) is 0 Å². The SMILES string of the molecule is C[C@H]1C[C@@H](OCc2ccccc2)[C@@]2(C)O[C@H]2O1. The van der Waals surface area contributed by atoms with Gasteiger partial charge in [0.25, 0.3) is 0 Å². The van der Waals surface area contributed by atoms with E-state index in [1.54, 1.807) is 0 Å². The van der Waals surface area contributed by atoms with Gasteiger partial charge in [-0.1, -0.05) is 30.3 Å². The molecule has 2 aliphatic rings. The Morgan fingerprint density at radius 2 is 2.12 bits per heavy atom. The van der Waals surface area contributed by atoms with Crippen molar-refractivity contribution in [2.75, 3.05) is 0 Å². The van der Waals surface area contributed by atoms with Crippen molar-refractivity contribution >= 4 is 0 Å². The van der Waals surface area contributed by atoms with Crippen molar-refractivity contribution < 1.29 is 14.2 Å². The molecule has 0 saturated carbocycles. The quantitative estimate of drug-likeness (QED) is 0.753. The van der Waals surface area contributed by atoms with E-state index in [9.17, 15) is 0 Å². The minimum Gasteiger partial charge on any atom is -0.370 e. The normalized spacial score (nSPS) is 39.8. The number of hydrogen-bond donors (Lipinski definition) is 0. The standard InChI is InChI=1S/C14H18O3/c1-10-8-12(14(2)13(16-10)17-14)15-9-11-6-4-3-5-7-11/h3-7,10,12-13H,8-9H2,1-2H3/t10-,12+,13+,14+/m0/s1. The van der Waals surface area contributed by atoms with Crippen LogP contribution in [0.25, 0.3) is 0 Å². The molecule has 3 heteroatoms. The van der Waals surface area contributed by atoms with Crippen LogP contribution in [-0.2, 0) is 20.8 Å². The number of fused-ring (bicyclic) bond motifs is 1. The second-order valence-corrected chi connectivity index (χ2v) is 5.10. The molecule has 0 radical (unpaired) electrons. The molecule has 0 spiro atoms. The van der Waals surface area contributed by atoms with E-state index in [4.69, 9.17) is 14.2 Å². The van der Waals surface area contributed by atoms with E-state index in [1.807, 2.05) is 18.2 Å². The lowest BCUT2D eigenvalue weighted by Crippen LogP contribution is -2.40. The fraction of sp³-hybridized carbons (Fsp3) is 0.571. The zero-order valence-corrected chi connectivity index (χ0v) is 10.3. The van der Waals surface area contributed by atoms with E-state index in [0.29, 0.717) is 6.61 Å². The van der Waals surface area contributed by atoms with Gasteiger partial charge in [0.15, 0.2) is 6.29 Å². The second kappa shape index (κ2) is 4.09. The zero-order valence-electron chi connectivity index (χ0n) is 10.3. The first-order valence-corrected chi connectivity index (χ1v) is 6.17. The molecule has 3 nitrogen and oxygen atoms in total. The third-order valence-corrected chi connectivity index (χ3v) is 3.61. The van der Waals surface area contributed by atoms with Crippen molar-refractivity contribution in [3.63, 3.8) is 0 Å². The molecule has 3 rings (SSSR count). The van der Waals surface area contributed by atoms with Crippen LogP contribution in [0.4, 0.5) is 0 Å². The molecule has 2 fully saturated rings. The molecule has 17 heavy (non-hydrogen) atoms. The lowest BCUT2D eigenvalue weighted by Gasteiger charge is -2.29. The van der Waals surface area contributed by atoms with Gasteiger partial charge in [-0.15, -0.1) is 0 Å². The highest BCUT2D eigenvalue weighted by Crippen LogP contribution is 2.47. The van der Waals surface area contributed by atoms with Gasteiger partial charge in [0.2, 0.25) is 0 Å². The van der Waals surface area contributed by atoms with Crippen molar-refractivity contribution in [1.29, 1.82) is 0 Å². The summed E-state index contributed by atoms with van der Waals surface area (Å²) in [6.07, 6.45) is 1.19. The molecule has 1 aromatic rings. The third kappa shape index (κ3) is 2.10. The number of ether oxygens (including phenoxy) is 3. The Kier molecular flexibility index (Phi) is 2.69. The zero-order chi connectivity index (χ0) is 11.9. The summed E-state index contributed by atoms with van der Waals surface area (Å²) in [6, 6.07) is 10.2. The third-order valence-electron chi connectivity index (χ3n) is 3.61. The molecular weight excluding hydrogens is 216 g/mol. The molecule has 0 aromatic heterocycles. The van der Waals surface area contributed by atoms with E-state index in [2.05, 4.69) is 26.0 Å². The Hall–Kier alpha value is -0.900. The smallest absolute Gasteiger partial charge is 0.190 e. The van der Waals surface area contributed by atoms with Gasteiger partial charge in [-0.25, -0.2) is 0 Å². The summed E-state index contributed by atoms with van der Waals surface area (Å²) in [5.74, 6) is 0. The fourth-order valence-electron chi connectivity index (χ4n) is 2.39. The van der Waals surface area contributed by atoms with Gasteiger partial charge < -0.3 is 14.2 Å². The molecule has 0 aliphatic carbocycles. The average molecular weight is 234 g/mol. The van der Waals surface area contributed by atoms with Gasteiger partial charge in [0, 0.05) is 6.42 Å². The van der Waals surface area contributed by atoms with Gasteiger partial charge in [-0.05, 0) is 19.4 Å². The largest absolute Gasteiger partial charge is 0.370 e. The van der Waals surface area contributed by atoms with Gasteiger partial charge >= 0.3 is 0 Å². The van der Waals surface area contributed by atoms with Gasteiger partial charge in [-0.3, -0.25) is 0 Å². The van der Waals surface area contributed by atoms with E-state index in [1.165, 1.54) is 5.56 Å². The maximum absolute atomic E-state index is 5.99. The van der Waals surface area contributed by atoms with Crippen LogP contribution >= 0.6 is 0 Å². The molecular formula is C14H18O3.